The molecule has 2 aliphatic rings. The molecule has 4 rings (SSSR count). The quantitative estimate of drug-likeness (QED) is 0.870. The number of halogens is 1. The van der Waals surface area contributed by atoms with E-state index >= 15 is 0 Å². The number of aromatic nitrogens is 2. The van der Waals surface area contributed by atoms with Crippen molar-refractivity contribution in [3.63, 3.8) is 0 Å². The first-order valence-electron chi connectivity index (χ1n) is 8.81. The van der Waals surface area contributed by atoms with E-state index in [0.29, 0.717) is 48.0 Å². The fourth-order valence-corrected chi connectivity index (χ4v) is 4.35. The maximum Gasteiger partial charge on any atom is 0.311 e. The van der Waals surface area contributed by atoms with Gasteiger partial charge in [0.25, 0.3) is 5.91 Å². The number of carbonyl (C=O) groups excluding carboxylic acids is 1. The van der Waals surface area contributed by atoms with Crippen LogP contribution in [0.5, 0.6) is 0 Å². The number of carboxylic acid groups (broad SMARTS) is 1. The molecule has 0 spiro atoms. The van der Waals surface area contributed by atoms with E-state index in [-0.39, 0.29) is 18.4 Å². The number of aliphatic carboxylic acids is 1. The molecule has 7 nitrogen and oxygen atoms in total. The molecular formula is C19H20ClN3O4. The topological polar surface area (TPSA) is 84.7 Å². The van der Waals surface area contributed by atoms with Crippen LogP contribution in [0.2, 0.25) is 5.02 Å². The Kier molecular flexibility index (Phi) is 4.44. The van der Waals surface area contributed by atoms with E-state index in [9.17, 15) is 14.7 Å². The van der Waals surface area contributed by atoms with Gasteiger partial charge in [0, 0.05) is 44.4 Å². The molecule has 8 heteroatoms. The highest BCUT2D eigenvalue weighted by molar-refractivity contribution is 6.33. The predicted molar refractivity (Wildman–Crippen MR) is 98.6 cm³/mol. The van der Waals surface area contributed by atoms with Gasteiger partial charge in [0.05, 0.1) is 22.6 Å². The Balaban J connectivity index is 1.69. The lowest BCUT2D eigenvalue weighted by atomic mass is 9.74. The van der Waals surface area contributed by atoms with Crippen LogP contribution in [-0.4, -0.2) is 58.0 Å². The first-order valence-corrected chi connectivity index (χ1v) is 9.19. The van der Waals surface area contributed by atoms with E-state index in [1.807, 2.05) is 18.2 Å². The summed E-state index contributed by atoms with van der Waals surface area (Å²) in [5, 5.41) is 14.7. The van der Waals surface area contributed by atoms with Gasteiger partial charge >= 0.3 is 5.97 Å². The van der Waals surface area contributed by atoms with Gasteiger partial charge in [-0.2, -0.15) is 5.10 Å². The summed E-state index contributed by atoms with van der Waals surface area (Å²) in [5.41, 5.74) is 0.672. The van der Waals surface area contributed by atoms with Gasteiger partial charge in [-0.05, 0) is 12.5 Å². The van der Waals surface area contributed by atoms with Gasteiger partial charge in [0.15, 0.2) is 0 Å². The minimum absolute atomic E-state index is 0.187. The summed E-state index contributed by atoms with van der Waals surface area (Å²) >= 11 is 6.30. The molecule has 2 atom stereocenters. The molecule has 0 radical (unpaired) electrons. The van der Waals surface area contributed by atoms with E-state index in [1.165, 1.54) is 0 Å². The predicted octanol–water partition coefficient (Wildman–Crippen LogP) is 2.30. The highest BCUT2D eigenvalue weighted by Gasteiger charge is 2.55. The number of aryl methyl sites for hydroxylation is 1. The van der Waals surface area contributed by atoms with E-state index in [1.54, 1.807) is 28.9 Å². The Hall–Kier alpha value is -2.38. The minimum atomic E-state index is -0.930. The number of fused-ring (bicyclic) bond motifs is 1. The average Bonchev–Trinajstić information content (AvgIpc) is 3.23. The van der Waals surface area contributed by atoms with Gasteiger partial charge in [-0.3, -0.25) is 14.3 Å². The molecular weight excluding hydrogens is 370 g/mol. The fourth-order valence-electron chi connectivity index (χ4n) is 4.12. The minimum Gasteiger partial charge on any atom is -0.481 e. The summed E-state index contributed by atoms with van der Waals surface area (Å²) in [6, 6.07) is 7.22. The van der Waals surface area contributed by atoms with Crippen LogP contribution in [0.3, 0.4) is 0 Å². The summed E-state index contributed by atoms with van der Waals surface area (Å²) in [6.45, 7) is 1.32. The fraction of sp³-hybridized carbons (Fsp3) is 0.421. The molecule has 2 saturated heterocycles. The van der Waals surface area contributed by atoms with Crippen LogP contribution in [0.15, 0.2) is 30.5 Å². The van der Waals surface area contributed by atoms with Gasteiger partial charge in [0.1, 0.15) is 5.69 Å². The number of benzene rings is 1. The van der Waals surface area contributed by atoms with E-state index in [2.05, 4.69) is 5.10 Å². The number of amides is 1. The Morgan fingerprint density at radius 2 is 2.15 bits per heavy atom. The lowest BCUT2D eigenvalue weighted by Crippen LogP contribution is -2.45. The molecule has 0 aliphatic carbocycles. The van der Waals surface area contributed by atoms with Crippen LogP contribution in [0.1, 0.15) is 16.8 Å². The van der Waals surface area contributed by atoms with Crippen molar-refractivity contribution in [3.8, 4) is 11.3 Å². The summed E-state index contributed by atoms with van der Waals surface area (Å²) in [7, 11) is 1.74. The highest BCUT2D eigenvalue weighted by atomic mass is 35.5. The van der Waals surface area contributed by atoms with Crippen molar-refractivity contribution in [3.05, 3.63) is 41.0 Å². The molecule has 142 valence electrons. The maximum absolute atomic E-state index is 13.3. The molecule has 0 bridgehead atoms. The summed E-state index contributed by atoms with van der Waals surface area (Å²) in [4.78, 5) is 26.9. The van der Waals surface area contributed by atoms with Crippen LogP contribution in [0.25, 0.3) is 11.3 Å². The van der Waals surface area contributed by atoms with Crippen molar-refractivity contribution in [2.45, 2.75) is 6.42 Å². The smallest absolute Gasteiger partial charge is 0.311 e. The number of hydrogen-bond donors (Lipinski definition) is 1. The first kappa shape index (κ1) is 18.0. The van der Waals surface area contributed by atoms with Gasteiger partial charge < -0.3 is 14.7 Å². The summed E-state index contributed by atoms with van der Waals surface area (Å²) in [6.07, 6.45) is 2.08. The number of carbonyl (C=O) groups is 2. The van der Waals surface area contributed by atoms with Crippen LogP contribution in [0, 0.1) is 11.3 Å². The number of carboxylic acids is 1. The van der Waals surface area contributed by atoms with Crippen LogP contribution < -0.4 is 0 Å². The van der Waals surface area contributed by atoms with Crippen molar-refractivity contribution in [1.82, 2.24) is 14.7 Å². The van der Waals surface area contributed by atoms with E-state index < -0.39 is 11.4 Å². The molecule has 1 amide bonds. The molecule has 0 unspecified atom stereocenters. The number of hydrogen-bond acceptors (Lipinski definition) is 4. The van der Waals surface area contributed by atoms with Gasteiger partial charge in [-0.25, -0.2) is 0 Å². The Morgan fingerprint density at radius 1 is 1.37 bits per heavy atom. The van der Waals surface area contributed by atoms with Gasteiger partial charge in [0.2, 0.25) is 0 Å². The third kappa shape index (κ3) is 2.91. The Labute approximate surface area is 161 Å². The maximum atomic E-state index is 13.3. The molecule has 2 fully saturated rings. The van der Waals surface area contributed by atoms with Crippen LogP contribution >= 0.6 is 11.6 Å². The zero-order valence-electron chi connectivity index (χ0n) is 14.9. The van der Waals surface area contributed by atoms with E-state index in [4.69, 9.17) is 16.3 Å². The Bertz CT molecular complexity index is 912. The lowest BCUT2D eigenvalue weighted by molar-refractivity contribution is -0.157. The molecule has 1 N–H and O–H groups in total. The number of likely N-dealkylation sites (tertiary alicyclic amines) is 1. The molecule has 0 saturated carbocycles. The number of ether oxygens (including phenoxy) is 1. The molecule has 3 heterocycles. The second-order valence-corrected chi connectivity index (χ2v) is 7.62. The number of nitrogens with zero attached hydrogens (tertiary/aromatic N) is 3. The van der Waals surface area contributed by atoms with Crippen molar-refractivity contribution in [2.75, 3.05) is 26.3 Å². The monoisotopic (exact) mass is 389 g/mol. The second kappa shape index (κ2) is 6.65. The van der Waals surface area contributed by atoms with Crippen LogP contribution in [0.4, 0.5) is 0 Å². The molecule has 27 heavy (non-hydrogen) atoms. The van der Waals surface area contributed by atoms with Crippen molar-refractivity contribution < 1.29 is 19.4 Å². The molecule has 1 aromatic carbocycles. The van der Waals surface area contributed by atoms with Crippen molar-refractivity contribution >= 4 is 23.5 Å². The largest absolute Gasteiger partial charge is 0.481 e. The first-order chi connectivity index (χ1) is 12.9. The summed E-state index contributed by atoms with van der Waals surface area (Å²) < 4.78 is 7.04. The zero-order valence-corrected chi connectivity index (χ0v) is 15.6. The summed E-state index contributed by atoms with van der Waals surface area (Å²) in [5.74, 6) is -1.29. The molecule has 2 aromatic rings. The average molecular weight is 390 g/mol. The zero-order chi connectivity index (χ0) is 19.2. The highest BCUT2D eigenvalue weighted by Crippen LogP contribution is 2.43. The van der Waals surface area contributed by atoms with Crippen LogP contribution in [-0.2, 0) is 16.6 Å². The lowest BCUT2D eigenvalue weighted by Gasteiger charge is -2.33. The number of rotatable bonds is 3. The normalized spacial score (nSPS) is 24.7. The van der Waals surface area contributed by atoms with Gasteiger partial charge in [-0.15, -0.1) is 0 Å². The Morgan fingerprint density at radius 3 is 2.85 bits per heavy atom. The van der Waals surface area contributed by atoms with E-state index in [0.717, 1.165) is 0 Å². The molecule has 1 aromatic heterocycles. The molecule has 2 aliphatic heterocycles. The standard InChI is InChI=1S/C19H20ClN3O4/c1-22-9-14(16(21-22)13-4-2-3-5-15(13)20)17(24)23-8-12-10-27-7-6-19(12,11-23)18(25)26/h2-5,9,12H,6-8,10-11H2,1H3,(H,25,26)/t12-,19+/m0/s1. The third-order valence-electron chi connectivity index (χ3n) is 5.61. The second-order valence-electron chi connectivity index (χ2n) is 7.21. The van der Waals surface area contributed by atoms with Crippen molar-refractivity contribution in [1.29, 1.82) is 0 Å². The SMILES string of the molecule is Cn1cc(C(=O)N2C[C@H]3COCC[C@@]3(C(=O)O)C2)c(-c2ccccc2Cl)n1. The third-order valence-corrected chi connectivity index (χ3v) is 5.94. The van der Waals surface area contributed by atoms with Crippen molar-refractivity contribution in [2.24, 2.45) is 18.4 Å². The van der Waals surface area contributed by atoms with Gasteiger partial charge in [-0.1, -0.05) is 29.8 Å².